The number of piperidine rings is 1. The highest BCUT2D eigenvalue weighted by Gasteiger charge is 2.36. The van der Waals surface area contributed by atoms with E-state index in [1.54, 1.807) is 6.20 Å². The molecule has 0 spiro atoms. The highest BCUT2D eigenvalue weighted by Crippen LogP contribution is 2.27. The van der Waals surface area contributed by atoms with Crippen LogP contribution in [-0.2, 0) is 0 Å². The molecule has 4 nitrogen and oxygen atoms in total. The summed E-state index contributed by atoms with van der Waals surface area (Å²) in [6, 6.07) is 3.01. The van der Waals surface area contributed by atoms with Gasteiger partial charge in [-0.25, -0.2) is 13.8 Å². The Hall–Kier alpha value is -1.82. The van der Waals surface area contributed by atoms with Crippen LogP contribution in [0.3, 0.4) is 0 Å². The van der Waals surface area contributed by atoms with E-state index in [0.29, 0.717) is 17.4 Å². The van der Waals surface area contributed by atoms with E-state index in [1.807, 2.05) is 0 Å². The Morgan fingerprint density at radius 1 is 1.30 bits per heavy atom. The predicted octanol–water partition coefficient (Wildman–Crippen LogP) is 1.71. The van der Waals surface area contributed by atoms with Crippen LogP contribution in [-0.4, -0.2) is 35.6 Å². The van der Waals surface area contributed by atoms with Crippen LogP contribution in [0.2, 0.25) is 0 Å². The largest absolute Gasteiger partial charge is 0.354 e. The van der Waals surface area contributed by atoms with Gasteiger partial charge < -0.3 is 10.2 Å². The van der Waals surface area contributed by atoms with Crippen LogP contribution in [0.4, 0.5) is 14.6 Å². The number of rotatable bonds is 1. The van der Waals surface area contributed by atoms with E-state index in [-0.39, 0.29) is 5.52 Å². The van der Waals surface area contributed by atoms with Crippen molar-refractivity contribution in [3.05, 3.63) is 30.0 Å². The van der Waals surface area contributed by atoms with Crippen molar-refractivity contribution < 1.29 is 8.78 Å². The summed E-state index contributed by atoms with van der Waals surface area (Å²) in [6.07, 6.45) is 2.74. The molecule has 4 rings (SSSR count). The number of aromatic nitrogens is 2. The summed E-state index contributed by atoms with van der Waals surface area (Å²) in [6.45, 7) is 2.82. The van der Waals surface area contributed by atoms with Gasteiger partial charge >= 0.3 is 0 Å². The second-order valence-electron chi connectivity index (χ2n) is 5.47. The standard InChI is InChI=1S/C14H14F2N4/c15-9-1-2-10-14(13(9)16)19-12(6-18-10)20-4-3-8-5-17-11(8)7-20/h1-2,6,8,11,17H,3-5,7H2. The minimum absolute atomic E-state index is 0.00573. The molecule has 2 aliphatic heterocycles. The molecule has 2 unspecified atom stereocenters. The second kappa shape index (κ2) is 4.34. The maximum Gasteiger partial charge on any atom is 0.186 e. The first kappa shape index (κ1) is 12.0. The first-order chi connectivity index (χ1) is 9.72. The molecule has 0 bridgehead atoms. The lowest BCUT2D eigenvalue weighted by atomic mass is 9.85. The van der Waals surface area contributed by atoms with Crippen molar-refractivity contribution >= 4 is 16.9 Å². The predicted molar refractivity (Wildman–Crippen MR) is 71.6 cm³/mol. The molecule has 6 heteroatoms. The smallest absolute Gasteiger partial charge is 0.186 e. The van der Waals surface area contributed by atoms with Gasteiger partial charge in [0.15, 0.2) is 11.6 Å². The molecule has 1 aromatic heterocycles. The van der Waals surface area contributed by atoms with Crippen LogP contribution in [0.15, 0.2) is 18.3 Å². The summed E-state index contributed by atoms with van der Waals surface area (Å²) >= 11 is 0. The Morgan fingerprint density at radius 2 is 2.20 bits per heavy atom. The zero-order valence-electron chi connectivity index (χ0n) is 10.8. The zero-order valence-corrected chi connectivity index (χ0v) is 10.8. The molecule has 2 saturated heterocycles. The molecule has 2 aromatic rings. The maximum absolute atomic E-state index is 13.8. The fourth-order valence-corrected chi connectivity index (χ4v) is 2.99. The van der Waals surface area contributed by atoms with Crippen molar-refractivity contribution in [2.45, 2.75) is 12.5 Å². The normalized spacial score (nSPS) is 25.4. The summed E-state index contributed by atoms with van der Waals surface area (Å²) in [7, 11) is 0. The molecule has 3 heterocycles. The van der Waals surface area contributed by atoms with Gasteiger partial charge in [-0.3, -0.25) is 4.98 Å². The summed E-state index contributed by atoms with van der Waals surface area (Å²) in [4.78, 5) is 10.5. The monoisotopic (exact) mass is 276 g/mol. The molecule has 2 atom stereocenters. The summed E-state index contributed by atoms with van der Waals surface area (Å²) in [5.74, 6) is -0.445. The molecule has 0 aliphatic carbocycles. The van der Waals surface area contributed by atoms with Crippen LogP contribution < -0.4 is 10.2 Å². The number of fused-ring (bicyclic) bond motifs is 2. The van der Waals surface area contributed by atoms with Gasteiger partial charge in [-0.2, -0.15) is 0 Å². The van der Waals surface area contributed by atoms with Gasteiger partial charge in [-0.15, -0.1) is 0 Å². The third-order valence-electron chi connectivity index (χ3n) is 4.32. The molecule has 2 fully saturated rings. The van der Waals surface area contributed by atoms with Crippen LogP contribution in [0.1, 0.15) is 6.42 Å². The first-order valence-corrected chi connectivity index (χ1v) is 6.81. The Balaban J connectivity index is 1.71. The molecular weight excluding hydrogens is 262 g/mol. The van der Waals surface area contributed by atoms with Crippen molar-refractivity contribution in [2.75, 3.05) is 24.5 Å². The summed E-state index contributed by atoms with van der Waals surface area (Å²) < 4.78 is 27.1. The van der Waals surface area contributed by atoms with Gasteiger partial charge in [-0.1, -0.05) is 0 Å². The summed E-state index contributed by atoms with van der Waals surface area (Å²) in [5.41, 5.74) is 0.385. The Morgan fingerprint density at radius 3 is 2.95 bits per heavy atom. The lowest BCUT2D eigenvalue weighted by molar-refractivity contribution is 0.196. The second-order valence-corrected chi connectivity index (χ2v) is 5.47. The Bertz CT molecular complexity index is 676. The number of nitrogens with one attached hydrogen (secondary N) is 1. The maximum atomic E-state index is 13.8. The fourth-order valence-electron chi connectivity index (χ4n) is 2.99. The number of halogens is 2. The minimum atomic E-state index is -0.923. The van der Waals surface area contributed by atoms with E-state index in [0.717, 1.165) is 38.0 Å². The highest BCUT2D eigenvalue weighted by molar-refractivity contribution is 5.76. The highest BCUT2D eigenvalue weighted by atomic mass is 19.2. The molecule has 0 radical (unpaired) electrons. The van der Waals surface area contributed by atoms with E-state index in [1.165, 1.54) is 6.07 Å². The van der Waals surface area contributed by atoms with E-state index in [2.05, 4.69) is 20.2 Å². The molecule has 0 amide bonds. The number of benzene rings is 1. The Kier molecular flexibility index (Phi) is 2.60. The lowest BCUT2D eigenvalue weighted by Gasteiger charge is -2.46. The van der Waals surface area contributed by atoms with E-state index < -0.39 is 11.6 Å². The molecule has 0 saturated carbocycles. The summed E-state index contributed by atoms with van der Waals surface area (Å²) in [5, 5.41) is 3.38. The minimum Gasteiger partial charge on any atom is -0.354 e. The SMILES string of the molecule is Fc1ccc2ncc(N3CCC4CNC4C3)nc2c1F. The fraction of sp³-hybridized carbons (Fsp3) is 0.429. The van der Waals surface area contributed by atoms with Crippen molar-refractivity contribution in [3.63, 3.8) is 0 Å². The number of anilines is 1. The number of hydrogen-bond acceptors (Lipinski definition) is 4. The van der Waals surface area contributed by atoms with Gasteiger partial charge in [0.05, 0.1) is 11.7 Å². The van der Waals surface area contributed by atoms with Crippen molar-refractivity contribution in [2.24, 2.45) is 5.92 Å². The lowest BCUT2D eigenvalue weighted by Crippen LogP contribution is -2.62. The molecule has 104 valence electrons. The van der Waals surface area contributed by atoms with Gasteiger partial charge in [0.1, 0.15) is 11.3 Å². The molecule has 2 aliphatic rings. The number of hydrogen-bond donors (Lipinski definition) is 1. The third kappa shape index (κ3) is 1.75. The molecular formula is C14H14F2N4. The third-order valence-corrected chi connectivity index (χ3v) is 4.32. The van der Waals surface area contributed by atoms with Crippen molar-refractivity contribution in [1.82, 2.24) is 15.3 Å². The quantitative estimate of drug-likeness (QED) is 0.861. The first-order valence-electron chi connectivity index (χ1n) is 6.81. The van der Waals surface area contributed by atoms with Crippen molar-refractivity contribution in [1.29, 1.82) is 0 Å². The van der Waals surface area contributed by atoms with Gasteiger partial charge in [0.25, 0.3) is 0 Å². The average Bonchev–Trinajstić information content (AvgIpc) is 2.44. The van der Waals surface area contributed by atoms with E-state index in [4.69, 9.17) is 0 Å². The van der Waals surface area contributed by atoms with E-state index in [9.17, 15) is 8.78 Å². The van der Waals surface area contributed by atoms with Crippen LogP contribution >= 0.6 is 0 Å². The van der Waals surface area contributed by atoms with Gasteiger partial charge in [0.2, 0.25) is 0 Å². The average molecular weight is 276 g/mol. The van der Waals surface area contributed by atoms with Crippen molar-refractivity contribution in [3.8, 4) is 0 Å². The van der Waals surface area contributed by atoms with Crippen LogP contribution in [0, 0.1) is 17.6 Å². The van der Waals surface area contributed by atoms with E-state index >= 15 is 0 Å². The molecule has 1 N–H and O–H groups in total. The number of nitrogens with zero attached hydrogens (tertiary/aromatic N) is 3. The Labute approximate surface area is 114 Å². The topological polar surface area (TPSA) is 41.1 Å². The van der Waals surface area contributed by atoms with Gasteiger partial charge in [0, 0.05) is 19.1 Å². The van der Waals surface area contributed by atoms with Crippen LogP contribution in [0.25, 0.3) is 11.0 Å². The zero-order chi connectivity index (χ0) is 13.7. The molecule has 1 aromatic carbocycles. The van der Waals surface area contributed by atoms with Gasteiger partial charge in [-0.05, 0) is 31.0 Å². The van der Waals surface area contributed by atoms with Crippen LogP contribution in [0.5, 0.6) is 0 Å². The molecule has 20 heavy (non-hydrogen) atoms.